The summed E-state index contributed by atoms with van der Waals surface area (Å²) in [5.41, 5.74) is 2.60. The molecule has 0 aliphatic carbocycles. The number of hydrogen-bond donors (Lipinski definition) is 2. The summed E-state index contributed by atoms with van der Waals surface area (Å²) < 4.78 is 18.3. The van der Waals surface area contributed by atoms with Crippen LogP contribution in [0.15, 0.2) is 42.5 Å². The monoisotopic (exact) mass is 328 g/mol. The zero-order valence-electron chi connectivity index (χ0n) is 13.0. The van der Waals surface area contributed by atoms with Gasteiger partial charge in [-0.2, -0.15) is 0 Å². The van der Waals surface area contributed by atoms with Crippen molar-refractivity contribution in [1.29, 1.82) is 0 Å². The number of amides is 2. The third kappa shape index (κ3) is 4.10. The summed E-state index contributed by atoms with van der Waals surface area (Å²) >= 11 is 0. The van der Waals surface area contributed by atoms with Crippen LogP contribution in [0.4, 0.5) is 10.1 Å². The Hall–Kier alpha value is -2.89. The van der Waals surface area contributed by atoms with Crippen LogP contribution in [-0.4, -0.2) is 18.4 Å². The third-order valence-corrected chi connectivity index (χ3v) is 3.75. The normalized spacial score (nSPS) is 13.0. The number of aryl methyl sites for hydroxylation is 1. The predicted octanol–water partition coefficient (Wildman–Crippen LogP) is 2.41. The van der Waals surface area contributed by atoms with E-state index in [-0.39, 0.29) is 24.2 Å². The SMILES string of the molecule is O=C(COc1ccc2c(c1)CCC(=O)N2)NCc1ccc(F)cc1. The second-order valence-electron chi connectivity index (χ2n) is 5.56. The van der Waals surface area contributed by atoms with E-state index >= 15 is 0 Å². The van der Waals surface area contributed by atoms with Crippen LogP contribution in [0.5, 0.6) is 5.75 Å². The highest BCUT2D eigenvalue weighted by Crippen LogP contribution is 2.26. The first-order valence-corrected chi connectivity index (χ1v) is 7.67. The molecule has 0 aromatic heterocycles. The van der Waals surface area contributed by atoms with E-state index in [0.29, 0.717) is 25.1 Å². The molecule has 1 aliphatic heterocycles. The van der Waals surface area contributed by atoms with E-state index in [4.69, 9.17) is 4.74 Å². The summed E-state index contributed by atoms with van der Waals surface area (Å²) in [6.45, 7) is 0.213. The molecule has 2 amide bonds. The molecule has 0 fully saturated rings. The fourth-order valence-corrected chi connectivity index (χ4v) is 2.45. The van der Waals surface area contributed by atoms with Crippen LogP contribution in [0.1, 0.15) is 17.5 Å². The minimum Gasteiger partial charge on any atom is -0.484 e. The number of carbonyl (C=O) groups excluding carboxylic acids is 2. The first-order chi connectivity index (χ1) is 11.6. The molecule has 0 saturated carbocycles. The zero-order chi connectivity index (χ0) is 16.9. The molecule has 0 unspecified atom stereocenters. The van der Waals surface area contributed by atoms with Crippen LogP contribution in [0.25, 0.3) is 0 Å². The lowest BCUT2D eigenvalue weighted by atomic mass is 10.0. The van der Waals surface area contributed by atoms with Gasteiger partial charge in [-0.05, 0) is 47.9 Å². The summed E-state index contributed by atoms with van der Waals surface area (Å²) in [6.07, 6.45) is 1.11. The number of fused-ring (bicyclic) bond motifs is 1. The number of carbonyl (C=O) groups is 2. The number of anilines is 1. The summed E-state index contributed by atoms with van der Waals surface area (Å²) in [4.78, 5) is 23.1. The van der Waals surface area contributed by atoms with E-state index in [1.165, 1.54) is 12.1 Å². The molecule has 3 rings (SSSR count). The van der Waals surface area contributed by atoms with Crippen molar-refractivity contribution in [2.45, 2.75) is 19.4 Å². The average Bonchev–Trinajstić information content (AvgIpc) is 2.59. The van der Waals surface area contributed by atoms with Crippen LogP contribution in [-0.2, 0) is 22.6 Å². The maximum Gasteiger partial charge on any atom is 0.258 e. The van der Waals surface area contributed by atoms with Crippen molar-refractivity contribution in [2.75, 3.05) is 11.9 Å². The van der Waals surface area contributed by atoms with Gasteiger partial charge >= 0.3 is 0 Å². The Balaban J connectivity index is 1.49. The van der Waals surface area contributed by atoms with Crippen molar-refractivity contribution in [3.05, 3.63) is 59.4 Å². The first-order valence-electron chi connectivity index (χ1n) is 7.67. The number of ether oxygens (including phenoxy) is 1. The summed E-state index contributed by atoms with van der Waals surface area (Å²) in [5, 5.41) is 5.51. The molecule has 6 heteroatoms. The van der Waals surface area contributed by atoms with Crippen molar-refractivity contribution in [1.82, 2.24) is 5.32 Å². The van der Waals surface area contributed by atoms with Gasteiger partial charge in [0, 0.05) is 18.7 Å². The Morgan fingerprint density at radius 1 is 1.17 bits per heavy atom. The molecule has 0 atom stereocenters. The van der Waals surface area contributed by atoms with Gasteiger partial charge in [-0.25, -0.2) is 4.39 Å². The lowest BCUT2D eigenvalue weighted by Crippen LogP contribution is -2.28. The third-order valence-electron chi connectivity index (χ3n) is 3.75. The van der Waals surface area contributed by atoms with Crippen molar-refractivity contribution >= 4 is 17.5 Å². The smallest absolute Gasteiger partial charge is 0.258 e. The van der Waals surface area contributed by atoms with Crippen LogP contribution in [0, 0.1) is 5.82 Å². The van der Waals surface area contributed by atoms with E-state index in [9.17, 15) is 14.0 Å². The highest BCUT2D eigenvalue weighted by atomic mass is 19.1. The minimum absolute atomic E-state index is 0.0105. The Labute approximate surface area is 138 Å². The number of rotatable bonds is 5. The molecule has 24 heavy (non-hydrogen) atoms. The summed E-state index contributed by atoms with van der Waals surface area (Å²) in [5.74, 6) is 0.0283. The molecule has 1 aliphatic rings. The molecular weight excluding hydrogens is 311 g/mol. The maximum absolute atomic E-state index is 12.8. The molecule has 0 bridgehead atoms. The Kier molecular flexibility index (Phi) is 4.74. The molecular formula is C18H17FN2O3. The van der Waals surface area contributed by atoms with E-state index in [0.717, 1.165) is 16.8 Å². The molecule has 124 valence electrons. The molecule has 2 aromatic rings. The lowest BCUT2D eigenvalue weighted by Gasteiger charge is -2.17. The van der Waals surface area contributed by atoms with Crippen LogP contribution < -0.4 is 15.4 Å². The standard InChI is InChI=1S/C18H17FN2O3/c19-14-4-1-12(2-5-14)10-20-18(23)11-24-15-6-7-16-13(9-15)3-8-17(22)21-16/h1-2,4-7,9H,3,8,10-11H2,(H,20,23)(H,21,22). The lowest BCUT2D eigenvalue weighted by molar-refractivity contribution is -0.123. The van der Waals surface area contributed by atoms with Crippen molar-refractivity contribution in [3.63, 3.8) is 0 Å². The Morgan fingerprint density at radius 3 is 2.75 bits per heavy atom. The van der Waals surface area contributed by atoms with Gasteiger partial charge in [-0.3, -0.25) is 9.59 Å². The fraction of sp³-hybridized carbons (Fsp3) is 0.222. The first kappa shape index (κ1) is 16.0. The maximum atomic E-state index is 12.8. The van der Waals surface area contributed by atoms with Gasteiger partial charge in [0.05, 0.1) is 0 Å². The van der Waals surface area contributed by atoms with E-state index in [1.54, 1.807) is 24.3 Å². The van der Waals surface area contributed by atoms with Gasteiger partial charge in [-0.15, -0.1) is 0 Å². The second-order valence-corrected chi connectivity index (χ2v) is 5.56. The van der Waals surface area contributed by atoms with Crippen molar-refractivity contribution in [3.8, 4) is 5.75 Å². The number of nitrogens with one attached hydrogen (secondary N) is 2. The number of benzene rings is 2. The molecule has 0 radical (unpaired) electrons. The summed E-state index contributed by atoms with van der Waals surface area (Å²) in [6, 6.07) is 11.3. The van der Waals surface area contributed by atoms with E-state index in [2.05, 4.69) is 10.6 Å². The fourth-order valence-electron chi connectivity index (χ4n) is 2.45. The average molecular weight is 328 g/mol. The second kappa shape index (κ2) is 7.12. The molecule has 5 nitrogen and oxygen atoms in total. The number of halogens is 1. The Morgan fingerprint density at radius 2 is 1.96 bits per heavy atom. The van der Waals surface area contributed by atoms with E-state index in [1.807, 2.05) is 6.07 Å². The topological polar surface area (TPSA) is 67.4 Å². The van der Waals surface area contributed by atoms with Gasteiger partial charge in [0.25, 0.3) is 5.91 Å². The highest BCUT2D eigenvalue weighted by molar-refractivity contribution is 5.94. The quantitative estimate of drug-likeness (QED) is 0.886. The number of hydrogen-bond acceptors (Lipinski definition) is 3. The van der Waals surface area contributed by atoms with Gasteiger partial charge in [0.1, 0.15) is 11.6 Å². The minimum atomic E-state index is -0.308. The van der Waals surface area contributed by atoms with Gasteiger partial charge in [0.15, 0.2) is 6.61 Å². The van der Waals surface area contributed by atoms with Gasteiger partial charge < -0.3 is 15.4 Å². The Bertz CT molecular complexity index is 759. The highest BCUT2D eigenvalue weighted by Gasteiger charge is 2.15. The van der Waals surface area contributed by atoms with Crippen LogP contribution in [0.3, 0.4) is 0 Å². The molecule has 0 spiro atoms. The van der Waals surface area contributed by atoms with Crippen molar-refractivity contribution < 1.29 is 18.7 Å². The predicted molar refractivity (Wildman–Crippen MR) is 87.1 cm³/mol. The van der Waals surface area contributed by atoms with Crippen LogP contribution in [0.2, 0.25) is 0 Å². The molecule has 2 N–H and O–H groups in total. The molecule has 1 heterocycles. The van der Waals surface area contributed by atoms with E-state index < -0.39 is 0 Å². The van der Waals surface area contributed by atoms with Gasteiger partial charge in [-0.1, -0.05) is 12.1 Å². The molecule has 2 aromatic carbocycles. The van der Waals surface area contributed by atoms with Gasteiger partial charge in [0.2, 0.25) is 5.91 Å². The summed E-state index contributed by atoms with van der Waals surface area (Å²) in [7, 11) is 0. The van der Waals surface area contributed by atoms with Crippen molar-refractivity contribution in [2.24, 2.45) is 0 Å². The molecule has 0 saturated heterocycles. The zero-order valence-corrected chi connectivity index (χ0v) is 13.0. The largest absolute Gasteiger partial charge is 0.484 e. The van der Waals surface area contributed by atoms with Crippen LogP contribution >= 0.6 is 0 Å².